The van der Waals surface area contributed by atoms with Gasteiger partial charge in [0.1, 0.15) is 6.10 Å². The molecule has 1 aromatic heterocycles. The van der Waals surface area contributed by atoms with Crippen LogP contribution in [0.3, 0.4) is 0 Å². The predicted octanol–water partition coefficient (Wildman–Crippen LogP) is 2.62. The Balaban J connectivity index is 1.59. The Morgan fingerprint density at radius 2 is 1.92 bits per heavy atom. The number of fused-ring (bicyclic) bond motifs is 2. The van der Waals surface area contributed by atoms with Crippen LogP contribution in [0.1, 0.15) is 18.4 Å². The normalized spacial score (nSPS) is 26.6. The second kappa shape index (κ2) is 5.86. The third-order valence-corrected chi connectivity index (χ3v) is 6.89. The first-order valence-electron chi connectivity index (χ1n) is 8.22. The van der Waals surface area contributed by atoms with Crippen LogP contribution < -0.4 is 4.74 Å². The molecule has 0 radical (unpaired) electrons. The fourth-order valence-corrected chi connectivity index (χ4v) is 5.47. The van der Waals surface area contributed by atoms with Crippen molar-refractivity contribution >= 4 is 10.0 Å². The largest absolute Gasteiger partial charge is 0.472 e. The summed E-state index contributed by atoms with van der Waals surface area (Å²) in [6.07, 6.45) is 3.42. The van der Waals surface area contributed by atoms with Gasteiger partial charge in [0.05, 0.1) is 10.9 Å². The molecule has 1 saturated heterocycles. The third-order valence-electron chi connectivity index (χ3n) is 4.98. The molecule has 1 aliphatic heterocycles. The van der Waals surface area contributed by atoms with Crippen molar-refractivity contribution in [3.05, 3.63) is 54.2 Å². The summed E-state index contributed by atoms with van der Waals surface area (Å²) < 4.78 is 33.6. The molecule has 1 aliphatic carbocycles. The van der Waals surface area contributed by atoms with Crippen molar-refractivity contribution in [2.24, 2.45) is 5.92 Å². The van der Waals surface area contributed by atoms with Crippen LogP contribution in [0.15, 0.2) is 53.6 Å². The molecule has 2 fully saturated rings. The first-order chi connectivity index (χ1) is 11.6. The molecule has 2 bridgehead atoms. The molecule has 4 rings (SSSR count). The Bertz CT molecular complexity index is 821. The minimum absolute atomic E-state index is 0.108. The van der Waals surface area contributed by atoms with Gasteiger partial charge in [-0.15, -0.1) is 0 Å². The zero-order chi connectivity index (χ0) is 16.7. The minimum atomic E-state index is -3.48. The van der Waals surface area contributed by atoms with Gasteiger partial charge in [0.2, 0.25) is 15.9 Å². The number of sulfonamides is 1. The number of aromatic nitrogens is 1. The Kier molecular flexibility index (Phi) is 3.81. The monoisotopic (exact) mass is 344 g/mol. The molecule has 3 atom stereocenters. The molecule has 2 aromatic rings. The van der Waals surface area contributed by atoms with Gasteiger partial charge in [-0.05, 0) is 38.0 Å². The molecule has 1 aromatic carbocycles. The molecule has 0 amide bonds. The van der Waals surface area contributed by atoms with E-state index in [1.54, 1.807) is 22.6 Å². The average molecular weight is 344 g/mol. The van der Waals surface area contributed by atoms with E-state index in [9.17, 15) is 8.42 Å². The van der Waals surface area contributed by atoms with Crippen molar-refractivity contribution < 1.29 is 13.2 Å². The van der Waals surface area contributed by atoms with Gasteiger partial charge in [0, 0.05) is 24.7 Å². The molecular weight excluding hydrogens is 324 g/mol. The van der Waals surface area contributed by atoms with Crippen LogP contribution in [0.25, 0.3) is 0 Å². The molecule has 2 heterocycles. The summed E-state index contributed by atoms with van der Waals surface area (Å²) in [6.45, 7) is 2.48. The van der Waals surface area contributed by atoms with Crippen molar-refractivity contribution in [2.45, 2.75) is 36.8 Å². The lowest BCUT2D eigenvalue weighted by Gasteiger charge is -2.26. The van der Waals surface area contributed by atoms with Crippen LogP contribution in [0.5, 0.6) is 5.88 Å². The highest BCUT2D eigenvalue weighted by Crippen LogP contribution is 2.42. The molecule has 3 unspecified atom stereocenters. The van der Waals surface area contributed by atoms with E-state index in [-0.39, 0.29) is 18.1 Å². The zero-order valence-electron chi connectivity index (χ0n) is 13.5. The zero-order valence-corrected chi connectivity index (χ0v) is 14.3. The fraction of sp³-hybridized carbons (Fsp3) is 0.389. The van der Waals surface area contributed by atoms with E-state index in [1.165, 1.54) is 0 Å². The van der Waals surface area contributed by atoms with Crippen molar-refractivity contribution in [1.82, 2.24) is 9.29 Å². The van der Waals surface area contributed by atoms with Crippen molar-refractivity contribution in [2.75, 3.05) is 6.54 Å². The number of pyridine rings is 1. The van der Waals surface area contributed by atoms with Crippen LogP contribution in [0, 0.1) is 12.8 Å². The number of benzene rings is 1. The molecule has 0 N–H and O–H groups in total. The maximum atomic E-state index is 13.0. The fourth-order valence-electron chi connectivity index (χ4n) is 3.75. The summed E-state index contributed by atoms with van der Waals surface area (Å²) in [5.74, 6) is 0.797. The lowest BCUT2D eigenvalue weighted by molar-refractivity contribution is 0.161. The third kappa shape index (κ3) is 2.59. The lowest BCUT2D eigenvalue weighted by atomic mass is 10.1. The number of rotatable bonds is 4. The van der Waals surface area contributed by atoms with Crippen molar-refractivity contribution in [1.29, 1.82) is 0 Å². The Labute approximate surface area is 142 Å². The molecule has 2 aliphatic rings. The summed E-state index contributed by atoms with van der Waals surface area (Å²) in [5, 5.41) is 0. The molecule has 6 heteroatoms. The van der Waals surface area contributed by atoms with Crippen LogP contribution >= 0.6 is 0 Å². The molecule has 1 saturated carbocycles. The van der Waals surface area contributed by atoms with E-state index in [4.69, 9.17) is 4.74 Å². The van der Waals surface area contributed by atoms with Gasteiger partial charge < -0.3 is 4.74 Å². The van der Waals surface area contributed by atoms with Gasteiger partial charge >= 0.3 is 0 Å². The number of hydrogen-bond donors (Lipinski definition) is 0. The van der Waals surface area contributed by atoms with Crippen molar-refractivity contribution in [3.8, 4) is 5.88 Å². The van der Waals surface area contributed by atoms with Gasteiger partial charge in [-0.3, -0.25) is 0 Å². The summed E-state index contributed by atoms with van der Waals surface area (Å²) >= 11 is 0. The maximum absolute atomic E-state index is 13.0. The minimum Gasteiger partial charge on any atom is -0.472 e. The summed E-state index contributed by atoms with van der Waals surface area (Å²) in [4.78, 5) is 4.56. The molecule has 0 spiro atoms. The quantitative estimate of drug-likeness (QED) is 0.855. The number of piperidine rings is 1. The highest BCUT2D eigenvalue weighted by molar-refractivity contribution is 7.89. The SMILES string of the molecule is Cc1ccc(S(=O)(=O)N2CC3CCC2C3Oc2ccccn2)cc1. The van der Waals surface area contributed by atoms with Gasteiger partial charge in [-0.25, -0.2) is 13.4 Å². The van der Waals surface area contributed by atoms with E-state index >= 15 is 0 Å². The number of aryl methyl sites for hydroxylation is 1. The van der Waals surface area contributed by atoms with Crippen LogP contribution in [0.4, 0.5) is 0 Å². The molecule has 126 valence electrons. The van der Waals surface area contributed by atoms with Gasteiger partial charge in [0.15, 0.2) is 0 Å². The first-order valence-corrected chi connectivity index (χ1v) is 9.66. The Morgan fingerprint density at radius 1 is 1.12 bits per heavy atom. The number of ether oxygens (including phenoxy) is 1. The van der Waals surface area contributed by atoms with Gasteiger partial charge in [-0.1, -0.05) is 23.8 Å². The number of hydrogen-bond acceptors (Lipinski definition) is 4. The highest BCUT2D eigenvalue weighted by atomic mass is 32.2. The van der Waals surface area contributed by atoms with Gasteiger partial charge in [-0.2, -0.15) is 4.31 Å². The van der Waals surface area contributed by atoms with E-state index < -0.39 is 10.0 Å². The van der Waals surface area contributed by atoms with E-state index in [2.05, 4.69) is 4.98 Å². The Morgan fingerprint density at radius 3 is 2.62 bits per heavy atom. The van der Waals surface area contributed by atoms with Crippen molar-refractivity contribution in [3.63, 3.8) is 0 Å². The highest BCUT2D eigenvalue weighted by Gasteiger charge is 2.53. The topological polar surface area (TPSA) is 59.5 Å². The smallest absolute Gasteiger partial charge is 0.243 e. The van der Waals surface area contributed by atoms with Crippen LogP contribution in [0.2, 0.25) is 0 Å². The molecular formula is C18H20N2O3S. The second-order valence-corrected chi connectivity index (χ2v) is 8.43. The maximum Gasteiger partial charge on any atom is 0.243 e. The summed E-state index contributed by atoms with van der Waals surface area (Å²) in [6, 6.07) is 12.5. The summed E-state index contributed by atoms with van der Waals surface area (Å²) in [7, 11) is -3.48. The van der Waals surface area contributed by atoms with Crippen LogP contribution in [-0.2, 0) is 10.0 Å². The second-order valence-electron chi connectivity index (χ2n) is 6.54. The Hall–Kier alpha value is -1.92. The molecule has 5 nitrogen and oxygen atoms in total. The predicted molar refractivity (Wildman–Crippen MR) is 90.2 cm³/mol. The first kappa shape index (κ1) is 15.6. The average Bonchev–Trinajstić information content (AvgIpc) is 3.13. The summed E-state index contributed by atoms with van der Waals surface area (Å²) in [5.41, 5.74) is 1.05. The molecule has 24 heavy (non-hydrogen) atoms. The van der Waals surface area contributed by atoms with E-state index in [0.29, 0.717) is 17.3 Å². The van der Waals surface area contributed by atoms with Gasteiger partial charge in [0.25, 0.3) is 0 Å². The lowest BCUT2D eigenvalue weighted by Crippen LogP contribution is -2.40. The van der Waals surface area contributed by atoms with E-state index in [0.717, 1.165) is 18.4 Å². The standard InChI is InChI=1S/C18H20N2O3S/c1-13-5-8-15(9-6-13)24(21,22)20-12-14-7-10-16(20)18(14)23-17-4-2-3-11-19-17/h2-6,8-9,11,14,16,18H,7,10,12H2,1H3. The number of nitrogens with zero attached hydrogens (tertiary/aromatic N) is 2. The van der Waals surface area contributed by atoms with Crippen LogP contribution in [-0.4, -0.2) is 36.4 Å². The van der Waals surface area contributed by atoms with E-state index in [1.807, 2.05) is 37.3 Å².